The molecule has 1 atom stereocenters. The van der Waals surface area contributed by atoms with E-state index in [0.717, 1.165) is 6.42 Å². The van der Waals surface area contributed by atoms with E-state index in [0.29, 0.717) is 0 Å². The largest absolute Gasteiger partial charge is 0.481 e. The quantitative estimate of drug-likeness (QED) is 0.489. The molecule has 0 aliphatic heterocycles. The van der Waals surface area contributed by atoms with Crippen molar-refractivity contribution in [2.24, 2.45) is 5.92 Å². The van der Waals surface area contributed by atoms with Gasteiger partial charge < -0.3 is 5.11 Å². The SMILES string of the molecule is O=C(O)C1C=CC1. The molecule has 0 fully saturated rings. The fourth-order valence-corrected chi connectivity index (χ4v) is 0.455. The van der Waals surface area contributed by atoms with E-state index in [4.69, 9.17) is 5.11 Å². The second-order valence-corrected chi connectivity index (χ2v) is 1.61. The molecule has 1 N–H and O–H groups in total. The summed E-state index contributed by atoms with van der Waals surface area (Å²) in [5.41, 5.74) is 0. The third kappa shape index (κ3) is 0.633. The predicted molar refractivity (Wildman–Crippen MR) is 24.9 cm³/mol. The van der Waals surface area contributed by atoms with Crippen molar-refractivity contribution in [3.05, 3.63) is 12.2 Å². The van der Waals surface area contributed by atoms with Crippen LogP contribution in [0, 0.1) is 5.92 Å². The first-order valence-electron chi connectivity index (χ1n) is 2.20. The lowest BCUT2D eigenvalue weighted by Crippen LogP contribution is -2.14. The zero-order valence-electron chi connectivity index (χ0n) is 3.79. The Labute approximate surface area is 41.5 Å². The predicted octanol–water partition coefficient (Wildman–Crippen LogP) is 0.647. The van der Waals surface area contributed by atoms with Crippen LogP contribution in [0.4, 0.5) is 0 Å². The fraction of sp³-hybridized carbons (Fsp3) is 0.400. The number of rotatable bonds is 1. The highest BCUT2D eigenvalue weighted by Crippen LogP contribution is 2.15. The highest BCUT2D eigenvalue weighted by atomic mass is 16.4. The third-order valence-electron chi connectivity index (χ3n) is 1.08. The third-order valence-corrected chi connectivity index (χ3v) is 1.08. The highest BCUT2D eigenvalue weighted by Gasteiger charge is 2.16. The van der Waals surface area contributed by atoms with E-state index in [1.165, 1.54) is 0 Å². The van der Waals surface area contributed by atoms with Gasteiger partial charge >= 0.3 is 5.97 Å². The van der Waals surface area contributed by atoms with Crippen LogP contribution in [0.3, 0.4) is 0 Å². The Hall–Kier alpha value is -0.790. The molecule has 0 saturated carbocycles. The average molecular weight is 98.1 g/mol. The zero-order chi connectivity index (χ0) is 5.28. The van der Waals surface area contributed by atoms with Crippen LogP contribution in [-0.4, -0.2) is 11.1 Å². The molecular formula is C5H6O2. The first-order chi connectivity index (χ1) is 3.30. The molecule has 1 aliphatic carbocycles. The summed E-state index contributed by atoms with van der Waals surface area (Å²) in [5.74, 6) is -0.887. The molecule has 0 heterocycles. The van der Waals surface area contributed by atoms with Crippen LogP contribution in [0.15, 0.2) is 12.2 Å². The summed E-state index contributed by atoms with van der Waals surface area (Å²) in [6.45, 7) is 0. The molecule has 0 bridgehead atoms. The van der Waals surface area contributed by atoms with E-state index in [1.54, 1.807) is 6.08 Å². The molecule has 0 aromatic heterocycles. The Morgan fingerprint density at radius 3 is 2.43 bits per heavy atom. The van der Waals surface area contributed by atoms with Crippen molar-refractivity contribution in [1.29, 1.82) is 0 Å². The zero-order valence-corrected chi connectivity index (χ0v) is 3.79. The number of carbonyl (C=O) groups is 1. The molecule has 0 aromatic rings. The van der Waals surface area contributed by atoms with Gasteiger partial charge in [-0.15, -0.1) is 0 Å². The number of hydrogen-bond donors (Lipinski definition) is 1. The van der Waals surface area contributed by atoms with Gasteiger partial charge in [0.05, 0.1) is 5.92 Å². The van der Waals surface area contributed by atoms with Gasteiger partial charge in [0.25, 0.3) is 0 Å². The average Bonchev–Trinajstić information content (AvgIpc) is 1.23. The second-order valence-electron chi connectivity index (χ2n) is 1.61. The molecule has 0 aromatic carbocycles. The van der Waals surface area contributed by atoms with E-state index in [2.05, 4.69) is 0 Å². The van der Waals surface area contributed by atoms with Crippen molar-refractivity contribution in [3.8, 4) is 0 Å². The van der Waals surface area contributed by atoms with Crippen LogP contribution in [-0.2, 0) is 4.79 Å². The van der Waals surface area contributed by atoms with Crippen molar-refractivity contribution in [2.45, 2.75) is 6.42 Å². The van der Waals surface area contributed by atoms with Crippen LogP contribution in [0.2, 0.25) is 0 Å². The standard InChI is InChI=1S/C5H6O2/c6-5(7)4-2-1-3-4/h1-2,4H,3H2,(H,6,7). The van der Waals surface area contributed by atoms with Gasteiger partial charge in [-0.25, -0.2) is 0 Å². The van der Waals surface area contributed by atoms with Gasteiger partial charge in [0, 0.05) is 0 Å². The van der Waals surface area contributed by atoms with Crippen molar-refractivity contribution in [1.82, 2.24) is 0 Å². The first kappa shape index (κ1) is 4.37. The summed E-state index contributed by atoms with van der Waals surface area (Å²) in [4.78, 5) is 9.93. The van der Waals surface area contributed by atoms with Crippen LogP contribution in [0.5, 0.6) is 0 Å². The number of carboxylic acids is 1. The van der Waals surface area contributed by atoms with Crippen molar-refractivity contribution in [2.75, 3.05) is 0 Å². The van der Waals surface area contributed by atoms with Crippen molar-refractivity contribution in [3.63, 3.8) is 0 Å². The van der Waals surface area contributed by atoms with Crippen LogP contribution < -0.4 is 0 Å². The minimum Gasteiger partial charge on any atom is -0.481 e. The molecule has 0 spiro atoms. The molecule has 2 nitrogen and oxygen atoms in total. The van der Waals surface area contributed by atoms with Crippen LogP contribution in [0.1, 0.15) is 6.42 Å². The smallest absolute Gasteiger partial charge is 0.310 e. The normalized spacial score (nSPS) is 26.6. The van der Waals surface area contributed by atoms with Crippen LogP contribution >= 0.6 is 0 Å². The summed E-state index contributed by atoms with van der Waals surface area (Å²) >= 11 is 0. The maximum atomic E-state index is 9.93. The second kappa shape index (κ2) is 1.37. The Kier molecular flexibility index (Phi) is 0.855. The Bertz CT molecular complexity index is 115. The lowest BCUT2D eigenvalue weighted by Gasteiger charge is -2.09. The topological polar surface area (TPSA) is 37.3 Å². The van der Waals surface area contributed by atoms with Gasteiger partial charge in [-0.2, -0.15) is 0 Å². The summed E-state index contributed by atoms with van der Waals surface area (Å²) in [6.07, 6.45) is 4.27. The maximum absolute atomic E-state index is 9.93. The lowest BCUT2D eigenvalue weighted by atomic mass is 9.96. The van der Waals surface area contributed by atoms with Gasteiger partial charge in [-0.05, 0) is 6.42 Å². The molecule has 2 heteroatoms. The first-order valence-corrected chi connectivity index (χ1v) is 2.20. The Morgan fingerprint density at radius 1 is 1.86 bits per heavy atom. The summed E-state index contributed by atoms with van der Waals surface area (Å²) < 4.78 is 0. The molecule has 0 amide bonds. The molecule has 0 radical (unpaired) electrons. The Balaban J connectivity index is 2.44. The molecule has 38 valence electrons. The number of allylic oxidation sites excluding steroid dienone is 1. The molecule has 1 unspecified atom stereocenters. The van der Waals surface area contributed by atoms with E-state index >= 15 is 0 Å². The Morgan fingerprint density at radius 2 is 2.43 bits per heavy atom. The van der Waals surface area contributed by atoms with E-state index in [1.807, 2.05) is 6.08 Å². The minimum atomic E-state index is -0.706. The van der Waals surface area contributed by atoms with Gasteiger partial charge in [-0.3, -0.25) is 4.79 Å². The van der Waals surface area contributed by atoms with E-state index in [-0.39, 0.29) is 5.92 Å². The van der Waals surface area contributed by atoms with Crippen LogP contribution in [0.25, 0.3) is 0 Å². The lowest BCUT2D eigenvalue weighted by molar-refractivity contribution is -0.140. The summed E-state index contributed by atoms with van der Waals surface area (Å²) in [6, 6.07) is 0. The monoisotopic (exact) mass is 98.0 g/mol. The van der Waals surface area contributed by atoms with Gasteiger partial charge in [0.1, 0.15) is 0 Å². The van der Waals surface area contributed by atoms with Gasteiger partial charge in [0.2, 0.25) is 0 Å². The molecule has 0 saturated heterocycles. The molecular weight excluding hydrogens is 92.1 g/mol. The van der Waals surface area contributed by atoms with E-state index in [9.17, 15) is 4.79 Å². The molecule has 7 heavy (non-hydrogen) atoms. The maximum Gasteiger partial charge on any atom is 0.310 e. The minimum absolute atomic E-state index is 0.181. The van der Waals surface area contributed by atoms with Gasteiger partial charge in [-0.1, -0.05) is 12.2 Å². The van der Waals surface area contributed by atoms with E-state index < -0.39 is 5.97 Å². The highest BCUT2D eigenvalue weighted by molar-refractivity contribution is 5.73. The summed E-state index contributed by atoms with van der Waals surface area (Å²) in [5, 5.41) is 8.18. The summed E-state index contributed by atoms with van der Waals surface area (Å²) in [7, 11) is 0. The van der Waals surface area contributed by atoms with Crippen molar-refractivity contribution >= 4 is 5.97 Å². The molecule has 1 rings (SSSR count). The fourth-order valence-electron chi connectivity index (χ4n) is 0.455. The molecule has 1 aliphatic rings. The number of aliphatic carboxylic acids is 1. The van der Waals surface area contributed by atoms with Gasteiger partial charge in [0.15, 0.2) is 0 Å². The number of hydrogen-bond acceptors (Lipinski definition) is 1. The number of carboxylic acid groups (broad SMARTS) is 1. The van der Waals surface area contributed by atoms with Crippen molar-refractivity contribution < 1.29 is 9.90 Å².